The predicted octanol–water partition coefficient (Wildman–Crippen LogP) is 7.06. The van der Waals surface area contributed by atoms with E-state index in [0.717, 1.165) is 12.8 Å². The molecular formula is C26H26. The number of benzene rings is 3. The first-order valence-corrected chi connectivity index (χ1v) is 9.46. The lowest BCUT2D eigenvalue weighted by atomic mass is 9.81. The van der Waals surface area contributed by atoms with Crippen LogP contribution in [0.5, 0.6) is 0 Å². The van der Waals surface area contributed by atoms with Gasteiger partial charge in [0, 0.05) is 0 Å². The lowest BCUT2D eigenvalue weighted by Gasteiger charge is -2.24. The van der Waals surface area contributed by atoms with Crippen LogP contribution in [0, 0.1) is 0 Å². The minimum atomic E-state index is 0.104. The van der Waals surface area contributed by atoms with Crippen molar-refractivity contribution in [2.24, 2.45) is 0 Å². The minimum Gasteiger partial charge on any atom is -0.0985 e. The molecule has 0 heteroatoms. The zero-order chi connectivity index (χ0) is 18.3. The molecule has 0 nitrogen and oxygen atoms in total. The van der Waals surface area contributed by atoms with Crippen molar-refractivity contribution in [3.8, 4) is 22.3 Å². The summed E-state index contributed by atoms with van der Waals surface area (Å²) in [6.45, 7) is 10.8. The van der Waals surface area contributed by atoms with Crippen molar-refractivity contribution < 1.29 is 0 Å². The number of aryl methyl sites for hydroxylation is 2. The van der Waals surface area contributed by atoms with Gasteiger partial charge in [-0.05, 0) is 62.8 Å². The Balaban J connectivity index is 1.81. The maximum atomic E-state index is 3.99. The van der Waals surface area contributed by atoms with Gasteiger partial charge >= 0.3 is 0 Å². The molecule has 0 spiro atoms. The van der Waals surface area contributed by atoms with Crippen LogP contribution in [-0.4, -0.2) is 0 Å². The van der Waals surface area contributed by atoms with E-state index in [0.29, 0.717) is 0 Å². The lowest BCUT2D eigenvalue weighted by Crippen LogP contribution is -2.13. The molecule has 0 saturated heterocycles. The largest absolute Gasteiger partial charge is 0.0985 e. The van der Waals surface area contributed by atoms with Gasteiger partial charge in [-0.15, -0.1) is 0 Å². The van der Waals surface area contributed by atoms with Crippen LogP contribution in [0.4, 0.5) is 0 Å². The van der Waals surface area contributed by atoms with Gasteiger partial charge < -0.3 is 0 Å². The molecule has 0 radical (unpaired) electrons. The molecule has 0 bridgehead atoms. The van der Waals surface area contributed by atoms with Gasteiger partial charge in [0.25, 0.3) is 0 Å². The Morgan fingerprint density at radius 3 is 2.19 bits per heavy atom. The predicted molar refractivity (Wildman–Crippen MR) is 114 cm³/mol. The second-order valence-electron chi connectivity index (χ2n) is 8.29. The van der Waals surface area contributed by atoms with Crippen molar-refractivity contribution in [3.05, 3.63) is 89.5 Å². The fourth-order valence-corrected chi connectivity index (χ4v) is 4.08. The van der Waals surface area contributed by atoms with E-state index in [2.05, 4.69) is 88.0 Å². The third kappa shape index (κ3) is 2.90. The van der Waals surface area contributed by atoms with Crippen LogP contribution in [0.25, 0.3) is 28.3 Å². The molecule has 130 valence electrons. The van der Waals surface area contributed by atoms with Crippen molar-refractivity contribution in [2.45, 2.75) is 39.0 Å². The molecule has 0 fully saturated rings. The number of hydrogen-bond acceptors (Lipinski definition) is 0. The Morgan fingerprint density at radius 1 is 0.769 bits per heavy atom. The first kappa shape index (κ1) is 16.8. The molecule has 3 aromatic rings. The second kappa shape index (κ2) is 6.29. The summed E-state index contributed by atoms with van der Waals surface area (Å²) in [6.07, 6.45) is 4.22. The average Bonchev–Trinajstić information content (AvgIpc) is 2.66. The van der Waals surface area contributed by atoms with Crippen molar-refractivity contribution >= 4 is 6.08 Å². The van der Waals surface area contributed by atoms with Gasteiger partial charge in [-0.2, -0.15) is 0 Å². The van der Waals surface area contributed by atoms with E-state index < -0.39 is 0 Å². The molecule has 1 aliphatic carbocycles. The van der Waals surface area contributed by atoms with Crippen LogP contribution in [0.15, 0.2) is 67.2 Å². The van der Waals surface area contributed by atoms with E-state index >= 15 is 0 Å². The second-order valence-corrected chi connectivity index (χ2v) is 8.29. The highest BCUT2D eigenvalue weighted by Gasteiger charge is 2.19. The summed E-state index contributed by atoms with van der Waals surface area (Å²) in [4.78, 5) is 0. The lowest BCUT2D eigenvalue weighted by molar-refractivity contribution is 0.589. The monoisotopic (exact) mass is 338 g/mol. The van der Waals surface area contributed by atoms with Crippen molar-refractivity contribution in [3.63, 3.8) is 0 Å². The van der Waals surface area contributed by atoms with Gasteiger partial charge in [-0.25, -0.2) is 0 Å². The van der Waals surface area contributed by atoms with Crippen LogP contribution in [0.3, 0.4) is 0 Å². The van der Waals surface area contributed by atoms with E-state index in [-0.39, 0.29) is 5.41 Å². The first-order chi connectivity index (χ1) is 12.5. The molecule has 0 N–H and O–H groups in total. The summed E-state index contributed by atoms with van der Waals surface area (Å²) in [7, 11) is 0. The van der Waals surface area contributed by atoms with Crippen molar-refractivity contribution in [1.82, 2.24) is 0 Å². The summed E-state index contributed by atoms with van der Waals surface area (Å²) >= 11 is 0. The Labute approximate surface area is 157 Å². The van der Waals surface area contributed by atoms with Gasteiger partial charge in [0.2, 0.25) is 0 Å². The Bertz CT molecular complexity index is 983. The third-order valence-corrected chi connectivity index (χ3v) is 5.49. The SMILES string of the molecule is C=Cc1ccc(-c2ccc3c(c2)CCc2ccccc2-3)cc1C(C)(C)C. The van der Waals surface area contributed by atoms with Crippen molar-refractivity contribution in [2.75, 3.05) is 0 Å². The standard InChI is InChI=1S/C26H26/c1-5-18-10-12-21(17-25(18)26(2,3)4)20-14-15-24-22(16-20)13-11-19-8-6-7-9-23(19)24/h5-10,12,14-17H,1,11,13H2,2-4H3. The van der Waals surface area contributed by atoms with Gasteiger partial charge in [0.1, 0.15) is 0 Å². The molecule has 0 aromatic heterocycles. The zero-order valence-corrected chi connectivity index (χ0v) is 16.0. The zero-order valence-electron chi connectivity index (χ0n) is 16.0. The summed E-state index contributed by atoms with van der Waals surface area (Å²) in [5.41, 5.74) is 11.0. The molecule has 4 rings (SSSR count). The summed E-state index contributed by atoms with van der Waals surface area (Å²) < 4.78 is 0. The van der Waals surface area contributed by atoms with Crippen LogP contribution in [0.1, 0.15) is 43.0 Å². The molecule has 26 heavy (non-hydrogen) atoms. The smallest absolute Gasteiger partial charge is 0.0126 e. The maximum Gasteiger partial charge on any atom is -0.0126 e. The van der Waals surface area contributed by atoms with Gasteiger partial charge in [-0.3, -0.25) is 0 Å². The van der Waals surface area contributed by atoms with Crippen LogP contribution in [0.2, 0.25) is 0 Å². The van der Waals surface area contributed by atoms with Gasteiger partial charge in [0.05, 0.1) is 0 Å². The topological polar surface area (TPSA) is 0 Å². The molecule has 1 aliphatic rings. The Kier molecular flexibility index (Phi) is 4.07. The van der Waals surface area contributed by atoms with Gasteiger partial charge in [-0.1, -0.05) is 94.1 Å². The molecular weight excluding hydrogens is 312 g/mol. The quantitative estimate of drug-likeness (QED) is 0.469. The summed E-state index contributed by atoms with van der Waals surface area (Å²) in [6, 6.07) is 22.5. The highest BCUT2D eigenvalue weighted by molar-refractivity contribution is 5.78. The summed E-state index contributed by atoms with van der Waals surface area (Å²) in [5.74, 6) is 0. The number of fused-ring (bicyclic) bond motifs is 3. The van der Waals surface area contributed by atoms with E-state index in [1.54, 1.807) is 0 Å². The Hall–Kier alpha value is -2.60. The number of hydrogen-bond donors (Lipinski definition) is 0. The van der Waals surface area contributed by atoms with E-state index in [9.17, 15) is 0 Å². The van der Waals surface area contributed by atoms with Crippen LogP contribution in [-0.2, 0) is 18.3 Å². The molecule has 0 unspecified atom stereocenters. The molecule has 0 amide bonds. The highest BCUT2D eigenvalue weighted by atomic mass is 14.2. The van der Waals surface area contributed by atoms with E-state index in [1.807, 2.05) is 6.08 Å². The van der Waals surface area contributed by atoms with Crippen LogP contribution >= 0.6 is 0 Å². The summed E-state index contributed by atoms with van der Waals surface area (Å²) in [5, 5.41) is 0. The molecule has 0 heterocycles. The highest BCUT2D eigenvalue weighted by Crippen LogP contribution is 2.37. The van der Waals surface area contributed by atoms with E-state index in [4.69, 9.17) is 0 Å². The molecule has 3 aromatic carbocycles. The molecule has 0 aliphatic heterocycles. The normalized spacial score (nSPS) is 13.0. The molecule has 0 atom stereocenters. The average molecular weight is 338 g/mol. The number of rotatable bonds is 2. The van der Waals surface area contributed by atoms with Crippen LogP contribution < -0.4 is 0 Å². The fraction of sp³-hybridized carbons (Fsp3) is 0.231. The van der Waals surface area contributed by atoms with Gasteiger partial charge in [0.15, 0.2) is 0 Å². The minimum absolute atomic E-state index is 0.104. The first-order valence-electron chi connectivity index (χ1n) is 9.46. The maximum absolute atomic E-state index is 3.99. The van der Waals surface area contributed by atoms with E-state index in [1.165, 1.54) is 44.5 Å². The Morgan fingerprint density at radius 2 is 1.42 bits per heavy atom. The molecule has 0 saturated carbocycles. The fourth-order valence-electron chi connectivity index (χ4n) is 4.08. The third-order valence-electron chi connectivity index (χ3n) is 5.49. The van der Waals surface area contributed by atoms with Crippen molar-refractivity contribution in [1.29, 1.82) is 0 Å².